The van der Waals surface area contributed by atoms with Crippen LogP contribution in [-0.4, -0.2) is 11.3 Å². The monoisotopic (exact) mass is 155 g/mol. The molecule has 0 atom stereocenters. The van der Waals surface area contributed by atoms with Crippen molar-refractivity contribution in [2.45, 2.75) is 31.2 Å². The van der Waals surface area contributed by atoms with E-state index in [1.807, 2.05) is 11.8 Å². The Morgan fingerprint density at radius 3 is 2.60 bits per heavy atom. The molecule has 0 bridgehead atoms. The lowest BCUT2D eigenvalue weighted by Gasteiger charge is -2.21. The third-order valence-electron chi connectivity index (χ3n) is 2.49. The molecule has 2 fully saturated rings. The number of rotatable bonds is 0. The van der Waals surface area contributed by atoms with E-state index < -0.39 is 0 Å². The van der Waals surface area contributed by atoms with Gasteiger partial charge in [0.25, 0.3) is 0 Å². The molecule has 1 heterocycles. The average Bonchev–Trinajstić information content (AvgIpc) is 2.46. The fourth-order valence-electron chi connectivity index (χ4n) is 1.91. The normalized spacial score (nSPS) is 29.4. The summed E-state index contributed by atoms with van der Waals surface area (Å²) in [5.41, 5.74) is 0.474. The summed E-state index contributed by atoms with van der Waals surface area (Å²) in [5, 5.41) is 4.68. The third kappa shape index (κ3) is 0.947. The molecule has 10 heavy (non-hydrogen) atoms. The van der Waals surface area contributed by atoms with Gasteiger partial charge in [-0.25, -0.2) is 0 Å². The number of thioether (sulfide) groups is 1. The van der Waals surface area contributed by atoms with Crippen molar-refractivity contribution in [2.24, 2.45) is 0 Å². The molecule has 0 unspecified atom stereocenters. The van der Waals surface area contributed by atoms with E-state index in [1.54, 1.807) is 0 Å². The van der Waals surface area contributed by atoms with Crippen LogP contribution in [-0.2, 0) is 0 Å². The molecule has 2 rings (SSSR count). The quantitative estimate of drug-likeness (QED) is 0.575. The van der Waals surface area contributed by atoms with Gasteiger partial charge in [0.15, 0.2) is 0 Å². The van der Waals surface area contributed by atoms with Gasteiger partial charge < -0.3 is 5.32 Å². The molecule has 1 spiro atoms. The van der Waals surface area contributed by atoms with Crippen LogP contribution in [0.25, 0.3) is 0 Å². The van der Waals surface area contributed by atoms with Crippen molar-refractivity contribution in [2.75, 3.05) is 5.75 Å². The van der Waals surface area contributed by atoms with Crippen LogP contribution in [0, 0.1) is 0 Å². The van der Waals surface area contributed by atoms with Gasteiger partial charge in [0.1, 0.15) is 0 Å². The second kappa shape index (κ2) is 2.19. The van der Waals surface area contributed by atoms with Gasteiger partial charge in [0.05, 0.1) is 5.03 Å². The maximum Gasteiger partial charge on any atom is 0.0613 e. The Balaban J connectivity index is 2.09. The minimum Gasteiger partial charge on any atom is -0.374 e. The molecule has 0 amide bonds. The molecule has 1 nitrogen and oxygen atoms in total. The highest BCUT2D eigenvalue weighted by Gasteiger charge is 2.37. The van der Waals surface area contributed by atoms with E-state index in [0.717, 1.165) is 0 Å². The molecule has 1 N–H and O–H groups in total. The predicted octanol–water partition coefficient (Wildman–Crippen LogP) is 2.11. The van der Waals surface area contributed by atoms with Gasteiger partial charge in [-0.2, -0.15) is 0 Å². The lowest BCUT2D eigenvalue weighted by molar-refractivity contribution is 0.434. The Morgan fingerprint density at radius 1 is 1.40 bits per heavy atom. The van der Waals surface area contributed by atoms with E-state index in [-0.39, 0.29) is 0 Å². The highest BCUT2D eigenvalue weighted by Crippen LogP contribution is 2.39. The summed E-state index contributed by atoms with van der Waals surface area (Å²) in [4.78, 5) is 0. The van der Waals surface area contributed by atoms with Gasteiger partial charge in [0.2, 0.25) is 0 Å². The molecule has 1 saturated carbocycles. The molecule has 1 saturated heterocycles. The van der Waals surface area contributed by atoms with Gasteiger partial charge in [-0.1, -0.05) is 19.4 Å². The summed E-state index contributed by atoms with van der Waals surface area (Å²) >= 11 is 1.89. The summed E-state index contributed by atoms with van der Waals surface area (Å²) < 4.78 is 0. The minimum atomic E-state index is 0.474. The van der Waals surface area contributed by atoms with E-state index in [4.69, 9.17) is 0 Å². The van der Waals surface area contributed by atoms with Crippen LogP contribution in [0.15, 0.2) is 11.6 Å². The van der Waals surface area contributed by atoms with Gasteiger partial charge in [-0.3, -0.25) is 0 Å². The number of hydrogen-bond acceptors (Lipinski definition) is 2. The third-order valence-corrected chi connectivity index (χ3v) is 3.64. The summed E-state index contributed by atoms with van der Waals surface area (Å²) in [6.45, 7) is 3.92. The number of hydrogen-bond donors (Lipinski definition) is 1. The predicted molar refractivity (Wildman–Crippen MR) is 45.9 cm³/mol. The standard InChI is InChI=1S/C8H13NS/c1-7-9-8(6-10-7)4-2-3-5-8/h9H,1-6H2. The van der Waals surface area contributed by atoms with Gasteiger partial charge in [0, 0.05) is 11.3 Å². The number of nitrogens with one attached hydrogen (secondary N) is 1. The molecule has 0 radical (unpaired) electrons. The van der Waals surface area contributed by atoms with E-state index in [0.29, 0.717) is 5.54 Å². The van der Waals surface area contributed by atoms with Crippen molar-refractivity contribution in [1.29, 1.82) is 0 Å². The maximum atomic E-state index is 3.92. The first-order chi connectivity index (χ1) is 4.81. The van der Waals surface area contributed by atoms with Crippen molar-refractivity contribution in [3.05, 3.63) is 11.6 Å². The summed E-state index contributed by atoms with van der Waals surface area (Å²) in [6, 6.07) is 0. The van der Waals surface area contributed by atoms with Crippen molar-refractivity contribution in [1.82, 2.24) is 5.32 Å². The zero-order chi connectivity index (χ0) is 7.03. The van der Waals surface area contributed by atoms with Crippen LogP contribution in [0.3, 0.4) is 0 Å². The van der Waals surface area contributed by atoms with Crippen molar-refractivity contribution < 1.29 is 0 Å². The Kier molecular flexibility index (Phi) is 1.44. The largest absolute Gasteiger partial charge is 0.374 e. The van der Waals surface area contributed by atoms with Crippen molar-refractivity contribution >= 4 is 11.8 Å². The Labute approximate surface area is 66.3 Å². The van der Waals surface area contributed by atoms with E-state index >= 15 is 0 Å². The Bertz CT molecular complexity index is 159. The van der Waals surface area contributed by atoms with Crippen LogP contribution < -0.4 is 5.32 Å². The maximum absolute atomic E-state index is 3.92. The first-order valence-electron chi connectivity index (χ1n) is 3.91. The molecule has 2 heteroatoms. The first kappa shape index (κ1) is 6.59. The SMILES string of the molecule is C=C1NC2(CCCC2)CS1. The topological polar surface area (TPSA) is 12.0 Å². The van der Waals surface area contributed by atoms with Gasteiger partial charge >= 0.3 is 0 Å². The fraction of sp³-hybridized carbons (Fsp3) is 0.750. The Hall–Kier alpha value is -0.110. The molecule has 0 aromatic rings. The Morgan fingerprint density at radius 2 is 2.10 bits per heavy atom. The van der Waals surface area contributed by atoms with E-state index in [2.05, 4.69) is 11.9 Å². The average molecular weight is 155 g/mol. The summed E-state index contributed by atoms with van der Waals surface area (Å²) in [5.74, 6) is 1.26. The van der Waals surface area contributed by atoms with Crippen LogP contribution in [0.2, 0.25) is 0 Å². The molecular formula is C8H13NS. The highest BCUT2D eigenvalue weighted by molar-refractivity contribution is 8.03. The molecule has 0 aromatic carbocycles. The molecule has 56 valence electrons. The second-order valence-electron chi connectivity index (χ2n) is 3.32. The van der Waals surface area contributed by atoms with Crippen molar-refractivity contribution in [3.63, 3.8) is 0 Å². The van der Waals surface area contributed by atoms with Crippen molar-refractivity contribution in [3.8, 4) is 0 Å². The van der Waals surface area contributed by atoms with E-state index in [1.165, 1.54) is 36.5 Å². The lowest BCUT2D eigenvalue weighted by atomic mass is 10.0. The zero-order valence-electron chi connectivity index (χ0n) is 6.15. The molecular weight excluding hydrogens is 142 g/mol. The van der Waals surface area contributed by atoms with Crippen LogP contribution in [0.5, 0.6) is 0 Å². The summed E-state index contributed by atoms with van der Waals surface area (Å²) in [6.07, 6.45) is 5.53. The minimum absolute atomic E-state index is 0.474. The van der Waals surface area contributed by atoms with Gasteiger partial charge in [-0.15, -0.1) is 11.8 Å². The van der Waals surface area contributed by atoms with E-state index in [9.17, 15) is 0 Å². The zero-order valence-corrected chi connectivity index (χ0v) is 6.97. The van der Waals surface area contributed by atoms with Crippen LogP contribution in [0.1, 0.15) is 25.7 Å². The molecule has 2 aliphatic rings. The second-order valence-corrected chi connectivity index (χ2v) is 4.39. The van der Waals surface area contributed by atoms with Gasteiger partial charge in [-0.05, 0) is 12.8 Å². The van der Waals surface area contributed by atoms with Crippen LogP contribution >= 0.6 is 11.8 Å². The fourth-order valence-corrected chi connectivity index (χ4v) is 3.01. The molecule has 1 aliphatic carbocycles. The molecule has 0 aromatic heterocycles. The van der Waals surface area contributed by atoms with Crippen LogP contribution in [0.4, 0.5) is 0 Å². The smallest absolute Gasteiger partial charge is 0.0613 e. The lowest BCUT2D eigenvalue weighted by Crippen LogP contribution is -2.37. The molecule has 1 aliphatic heterocycles. The highest BCUT2D eigenvalue weighted by atomic mass is 32.2. The first-order valence-corrected chi connectivity index (χ1v) is 4.89. The summed E-state index contributed by atoms with van der Waals surface area (Å²) in [7, 11) is 0.